The van der Waals surface area contributed by atoms with Crippen molar-refractivity contribution in [2.45, 2.75) is 13.0 Å². The molecule has 8 heteroatoms. The smallest absolute Gasteiger partial charge is 0.275 e. The second-order valence-electron chi connectivity index (χ2n) is 6.67. The van der Waals surface area contributed by atoms with Gasteiger partial charge in [0.1, 0.15) is 18.2 Å². The number of carbonyl (C=O) groups excluding carboxylic acids is 1. The fourth-order valence-electron chi connectivity index (χ4n) is 3.16. The Kier molecular flexibility index (Phi) is 5.30. The number of halogens is 2. The predicted molar refractivity (Wildman–Crippen MR) is 108 cm³/mol. The van der Waals surface area contributed by atoms with Gasteiger partial charge in [0.2, 0.25) is 5.91 Å². The van der Waals surface area contributed by atoms with Crippen LogP contribution in [-0.2, 0) is 17.8 Å². The lowest BCUT2D eigenvalue weighted by Gasteiger charge is -2.12. The van der Waals surface area contributed by atoms with Gasteiger partial charge in [-0.25, -0.2) is 13.5 Å². The number of nitrogens with zero attached hydrogens (tertiary/aromatic N) is 3. The summed E-state index contributed by atoms with van der Waals surface area (Å²) in [4.78, 5) is 29.3. The lowest BCUT2D eigenvalue weighted by Crippen LogP contribution is -2.31. The van der Waals surface area contributed by atoms with Crippen molar-refractivity contribution >= 4 is 22.4 Å². The summed E-state index contributed by atoms with van der Waals surface area (Å²) in [6.07, 6.45) is 3.79. The first-order valence-corrected chi connectivity index (χ1v) is 9.14. The maximum absolute atomic E-state index is 13.8. The highest BCUT2D eigenvalue weighted by atomic mass is 19.1. The summed E-state index contributed by atoms with van der Waals surface area (Å²) < 4.78 is 27.9. The van der Waals surface area contributed by atoms with E-state index in [2.05, 4.69) is 15.4 Å². The number of fused-ring (bicyclic) bond motifs is 1. The molecule has 2 aromatic heterocycles. The van der Waals surface area contributed by atoms with Crippen LogP contribution in [0.4, 0.5) is 14.5 Å². The molecule has 0 aliphatic rings. The molecule has 0 aliphatic carbocycles. The summed E-state index contributed by atoms with van der Waals surface area (Å²) in [7, 11) is 0. The van der Waals surface area contributed by atoms with Crippen molar-refractivity contribution in [1.29, 1.82) is 0 Å². The number of amides is 1. The molecule has 6 nitrogen and oxygen atoms in total. The van der Waals surface area contributed by atoms with E-state index >= 15 is 0 Å². The molecule has 2 aromatic carbocycles. The molecule has 1 N–H and O–H groups in total. The van der Waals surface area contributed by atoms with Crippen molar-refractivity contribution in [3.63, 3.8) is 0 Å². The van der Waals surface area contributed by atoms with Crippen LogP contribution in [0.25, 0.3) is 10.8 Å². The topological polar surface area (TPSA) is 76.9 Å². The number of hydrogen-bond acceptors (Lipinski definition) is 4. The van der Waals surface area contributed by atoms with E-state index in [4.69, 9.17) is 0 Å². The molecule has 0 saturated carbocycles. The molecule has 2 heterocycles. The predicted octanol–water partition coefficient (Wildman–Crippen LogP) is 3.30. The fraction of sp³-hybridized carbons (Fsp3) is 0.0909. The number of anilines is 1. The van der Waals surface area contributed by atoms with E-state index in [0.29, 0.717) is 29.0 Å². The Hall–Kier alpha value is -3.94. The van der Waals surface area contributed by atoms with Crippen molar-refractivity contribution in [3.8, 4) is 0 Å². The van der Waals surface area contributed by atoms with Crippen LogP contribution in [0, 0.1) is 11.6 Å². The Morgan fingerprint density at radius 2 is 1.83 bits per heavy atom. The number of nitrogens with one attached hydrogen (secondary N) is 1. The van der Waals surface area contributed by atoms with E-state index in [1.165, 1.54) is 0 Å². The highest BCUT2D eigenvalue weighted by molar-refractivity contribution is 5.91. The quantitative estimate of drug-likeness (QED) is 0.552. The minimum absolute atomic E-state index is 0.175. The molecule has 0 aliphatic heterocycles. The van der Waals surface area contributed by atoms with Gasteiger partial charge in [-0.05, 0) is 29.8 Å². The second-order valence-corrected chi connectivity index (χ2v) is 6.67. The zero-order chi connectivity index (χ0) is 21.1. The Bertz CT molecular complexity index is 1290. The number of rotatable bonds is 5. The molecule has 1 amide bonds. The van der Waals surface area contributed by atoms with Gasteiger partial charge in [-0.2, -0.15) is 5.10 Å². The molecular formula is C22H16F2N4O2. The number of hydrogen-bond donors (Lipinski definition) is 1. The third-order valence-corrected chi connectivity index (χ3v) is 4.54. The summed E-state index contributed by atoms with van der Waals surface area (Å²) in [6.45, 7) is -0.416. The van der Waals surface area contributed by atoms with Crippen LogP contribution in [0.5, 0.6) is 0 Å². The molecular weight excluding hydrogens is 390 g/mol. The maximum atomic E-state index is 13.8. The maximum Gasteiger partial charge on any atom is 0.275 e. The lowest BCUT2D eigenvalue weighted by molar-refractivity contribution is -0.117. The van der Waals surface area contributed by atoms with Crippen LogP contribution in [0.2, 0.25) is 0 Å². The summed E-state index contributed by atoms with van der Waals surface area (Å²) in [6, 6.07) is 13.5. The van der Waals surface area contributed by atoms with E-state index in [0.717, 1.165) is 22.4 Å². The van der Waals surface area contributed by atoms with Gasteiger partial charge in [0.15, 0.2) is 0 Å². The van der Waals surface area contributed by atoms with Gasteiger partial charge in [-0.15, -0.1) is 0 Å². The molecule has 0 bridgehead atoms. The van der Waals surface area contributed by atoms with E-state index < -0.39 is 29.6 Å². The van der Waals surface area contributed by atoms with Crippen molar-refractivity contribution in [3.05, 3.63) is 100 Å². The Balaban J connectivity index is 1.67. The summed E-state index contributed by atoms with van der Waals surface area (Å²) in [5.74, 6) is -2.31. The first-order chi connectivity index (χ1) is 14.5. The van der Waals surface area contributed by atoms with E-state index in [9.17, 15) is 18.4 Å². The average Bonchev–Trinajstić information content (AvgIpc) is 2.74. The minimum Gasteiger partial charge on any atom is -0.322 e. The van der Waals surface area contributed by atoms with Crippen LogP contribution >= 0.6 is 0 Å². The Morgan fingerprint density at radius 3 is 2.57 bits per heavy atom. The lowest BCUT2D eigenvalue weighted by atomic mass is 10.1. The van der Waals surface area contributed by atoms with Gasteiger partial charge in [0.25, 0.3) is 5.56 Å². The molecule has 4 aromatic rings. The van der Waals surface area contributed by atoms with Gasteiger partial charge in [0.05, 0.1) is 16.8 Å². The Labute approximate surface area is 169 Å². The van der Waals surface area contributed by atoms with Crippen LogP contribution < -0.4 is 10.9 Å². The monoisotopic (exact) mass is 406 g/mol. The molecule has 4 rings (SSSR count). The molecule has 0 atom stereocenters. The fourth-order valence-corrected chi connectivity index (χ4v) is 3.16. The van der Waals surface area contributed by atoms with Crippen LogP contribution in [0.1, 0.15) is 11.3 Å². The zero-order valence-corrected chi connectivity index (χ0v) is 15.7. The molecule has 0 radical (unpaired) electrons. The van der Waals surface area contributed by atoms with Gasteiger partial charge in [-0.1, -0.05) is 24.3 Å². The summed E-state index contributed by atoms with van der Waals surface area (Å²) in [5, 5.41) is 7.83. The third-order valence-electron chi connectivity index (χ3n) is 4.54. The SMILES string of the molecule is O=C(Cn1nc(Cc2cccnc2)c2ccccc2c1=O)Nc1ccc(F)cc1F. The van der Waals surface area contributed by atoms with Crippen molar-refractivity contribution < 1.29 is 13.6 Å². The highest BCUT2D eigenvalue weighted by Gasteiger charge is 2.15. The normalized spacial score (nSPS) is 10.9. The van der Waals surface area contributed by atoms with Crippen LogP contribution in [0.15, 0.2) is 71.8 Å². The minimum atomic E-state index is -0.903. The van der Waals surface area contributed by atoms with Gasteiger partial charge in [0, 0.05) is 30.3 Å². The van der Waals surface area contributed by atoms with E-state index in [-0.39, 0.29) is 5.69 Å². The molecule has 30 heavy (non-hydrogen) atoms. The average molecular weight is 406 g/mol. The van der Waals surface area contributed by atoms with Crippen molar-refractivity contribution in [2.75, 3.05) is 5.32 Å². The standard InChI is InChI=1S/C22H16F2N4O2/c23-15-7-8-19(18(24)11-15)26-21(29)13-28-22(30)17-6-2-1-5-16(17)20(27-28)10-14-4-3-9-25-12-14/h1-9,11-12H,10,13H2,(H,26,29). The molecule has 0 saturated heterocycles. The number of pyridine rings is 1. The van der Waals surface area contributed by atoms with Crippen molar-refractivity contribution in [2.24, 2.45) is 0 Å². The second kappa shape index (κ2) is 8.20. The largest absolute Gasteiger partial charge is 0.322 e. The van der Waals surface area contributed by atoms with Gasteiger partial charge >= 0.3 is 0 Å². The number of carbonyl (C=O) groups is 1. The van der Waals surface area contributed by atoms with Crippen LogP contribution in [0.3, 0.4) is 0 Å². The molecule has 0 spiro atoms. The summed E-state index contributed by atoms with van der Waals surface area (Å²) in [5.41, 5.74) is 0.901. The van der Waals surface area contributed by atoms with E-state index in [1.54, 1.807) is 36.7 Å². The summed E-state index contributed by atoms with van der Waals surface area (Å²) >= 11 is 0. The zero-order valence-electron chi connectivity index (χ0n) is 15.7. The number of benzene rings is 2. The van der Waals surface area contributed by atoms with Crippen LogP contribution in [-0.4, -0.2) is 20.7 Å². The first-order valence-electron chi connectivity index (χ1n) is 9.14. The Morgan fingerprint density at radius 1 is 1.03 bits per heavy atom. The molecule has 0 fully saturated rings. The molecule has 150 valence electrons. The van der Waals surface area contributed by atoms with Crippen molar-refractivity contribution in [1.82, 2.24) is 14.8 Å². The molecule has 0 unspecified atom stereocenters. The highest BCUT2D eigenvalue weighted by Crippen LogP contribution is 2.17. The van der Waals surface area contributed by atoms with Gasteiger partial charge < -0.3 is 5.32 Å². The first kappa shape index (κ1) is 19.4. The third kappa shape index (κ3) is 4.07. The van der Waals surface area contributed by atoms with Gasteiger partial charge in [-0.3, -0.25) is 14.6 Å². The number of aromatic nitrogens is 3. The van der Waals surface area contributed by atoms with E-state index in [1.807, 2.05) is 12.1 Å².